The summed E-state index contributed by atoms with van der Waals surface area (Å²) >= 11 is 0. The number of aliphatic hydroxyl groups excluding tert-OH is 1. The van der Waals surface area contributed by atoms with E-state index in [2.05, 4.69) is 10.6 Å². The van der Waals surface area contributed by atoms with Gasteiger partial charge in [0, 0.05) is 24.3 Å². The van der Waals surface area contributed by atoms with Crippen LogP contribution in [0.4, 0.5) is 5.69 Å². The summed E-state index contributed by atoms with van der Waals surface area (Å²) in [7, 11) is 0. The Hall–Kier alpha value is -1.55. The zero-order valence-electron chi connectivity index (χ0n) is 11.0. The molecule has 1 aromatic carbocycles. The van der Waals surface area contributed by atoms with Gasteiger partial charge < -0.3 is 15.7 Å². The van der Waals surface area contributed by atoms with Gasteiger partial charge in [-0.1, -0.05) is 6.07 Å². The number of amides is 1. The van der Waals surface area contributed by atoms with Crippen LogP contribution in [0.2, 0.25) is 0 Å². The van der Waals surface area contributed by atoms with Crippen LogP contribution >= 0.6 is 0 Å². The first-order chi connectivity index (χ1) is 9.24. The maximum atomic E-state index is 12.2. The van der Waals surface area contributed by atoms with Crippen LogP contribution in [0.5, 0.6) is 0 Å². The van der Waals surface area contributed by atoms with Crippen molar-refractivity contribution in [3.63, 3.8) is 0 Å². The molecule has 1 fully saturated rings. The number of benzene rings is 1. The second-order valence-corrected chi connectivity index (χ2v) is 5.56. The number of hydrogen-bond acceptors (Lipinski definition) is 3. The molecule has 102 valence electrons. The largest absolute Gasteiger partial charge is 0.393 e. The lowest BCUT2D eigenvalue weighted by molar-refractivity contribution is 0.0420. The third kappa shape index (κ3) is 2.59. The zero-order valence-corrected chi connectivity index (χ0v) is 11.0. The summed E-state index contributed by atoms with van der Waals surface area (Å²) in [5.41, 5.74) is 3.03. The fourth-order valence-electron chi connectivity index (χ4n) is 2.92. The molecule has 1 aliphatic heterocycles. The van der Waals surface area contributed by atoms with Gasteiger partial charge in [0.05, 0.1) is 6.10 Å². The summed E-state index contributed by atoms with van der Waals surface area (Å²) in [6.45, 7) is 1.66. The van der Waals surface area contributed by atoms with Gasteiger partial charge in [0.1, 0.15) is 0 Å². The van der Waals surface area contributed by atoms with Gasteiger partial charge in [0.25, 0.3) is 5.91 Å². The molecule has 4 nitrogen and oxygen atoms in total. The third-order valence-electron chi connectivity index (χ3n) is 4.10. The van der Waals surface area contributed by atoms with Crippen molar-refractivity contribution < 1.29 is 9.90 Å². The highest BCUT2D eigenvalue weighted by atomic mass is 16.3. The minimum atomic E-state index is -0.157. The first kappa shape index (κ1) is 12.5. The molecule has 2 aliphatic rings. The second kappa shape index (κ2) is 5.21. The molecule has 0 aromatic heterocycles. The maximum absolute atomic E-state index is 12.2. The Bertz CT molecular complexity index is 481. The number of rotatable bonds is 3. The highest BCUT2D eigenvalue weighted by molar-refractivity contribution is 5.97. The van der Waals surface area contributed by atoms with E-state index in [0.717, 1.165) is 49.0 Å². The van der Waals surface area contributed by atoms with Gasteiger partial charge in [-0.25, -0.2) is 0 Å². The van der Waals surface area contributed by atoms with Crippen molar-refractivity contribution in [3.05, 3.63) is 29.3 Å². The molecule has 1 heterocycles. The monoisotopic (exact) mass is 260 g/mol. The molecular formula is C15H20N2O2. The van der Waals surface area contributed by atoms with E-state index in [0.29, 0.717) is 12.5 Å². The molecule has 0 spiro atoms. The minimum absolute atomic E-state index is 0.0157. The van der Waals surface area contributed by atoms with Crippen LogP contribution in [0, 0.1) is 5.92 Å². The van der Waals surface area contributed by atoms with Crippen LogP contribution in [-0.4, -0.2) is 30.2 Å². The topological polar surface area (TPSA) is 61.4 Å². The Morgan fingerprint density at radius 3 is 3.05 bits per heavy atom. The third-order valence-corrected chi connectivity index (χ3v) is 4.10. The van der Waals surface area contributed by atoms with Crippen LogP contribution in [0.1, 0.15) is 35.2 Å². The molecule has 3 N–H and O–H groups in total. The molecule has 0 unspecified atom stereocenters. The molecule has 0 atom stereocenters. The van der Waals surface area contributed by atoms with E-state index in [4.69, 9.17) is 0 Å². The first-order valence-corrected chi connectivity index (χ1v) is 7.06. The van der Waals surface area contributed by atoms with Crippen molar-refractivity contribution >= 4 is 11.6 Å². The lowest BCUT2D eigenvalue weighted by atomic mass is 9.82. The highest BCUT2D eigenvalue weighted by Gasteiger charge is 2.27. The van der Waals surface area contributed by atoms with Crippen LogP contribution in [-0.2, 0) is 6.42 Å². The van der Waals surface area contributed by atoms with Gasteiger partial charge in [-0.3, -0.25) is 4.79 Å². The normalized spacial score (nSPS) is 24.9. The fourth-order valence-corrected chi connectivity index (χ4v) is 2.92. The lowest BCUT2D eigenvalue weighted by Crippen LogP contribution is -2.38. The van der Waals surface area contributed by atoms with Gasteiger partial charge in [-0.2, -0.15) is 0 Å². The summed E-state index contributed by atoms with van der Waals surface area (Å²) in [6, 6.07) is 5.86. The summed E-state index contributed by atoms with van der Waals surface area (Å²) in [4.78, 5) is 12.2. The Morgan fingerprint density at radius 1 is 1.42 bits per heavy atom. The van der Waals surface area contributed by atoms with E-state index < -0.39 is 0 Å². The standard InChI is InChI=1S/C15H20N2O2/c18-11-7-10(8-11)9-17-15(19)13-3-1-5-14-12(13)4-2-6-16-14/h1,3,5,10-11,16,18H,2,4,6-9H2,(H,17,19). The van der Waals surface area contributed by atoms with Crippen LogP contribution in [0.25, 0.3) is 0 Å². The Morgan fingerprint density at radius 2 is 2.26 bits per heavy atom. The molecule has 0 radical (unpaired) electrons. The molecule has 4 heteroatoms. The average Bonchev–Trinajstić information content (AvgIpc) is 2.41. The number of hydrogen-bond donors (Lipinski definition) is 3. The zero-order chi connectivity index (χ0) is 13.2. The number of anilines is 1. The maximum Gasteiger partial charge on any atom is 0.251 e. The molecular weight excluding hydrogens is 240 g/mol. The predicted molar refractivity (Wildman–Crippen MR) is 74.3 cm³/mol. The molecule has 0 bridgehead atoms. The molecule has 1 amide bonds. The SMILES string of the molecule is O=C(NCC1CC(O)C1)c1cccc2c1CCCN2. The number of carbonyl (C=O) groups is 1. The van der Waals surface area contributed by atoms with Crippen LogP contribution < -0.4 is 10.6 Å². The summed E-state index contributed by atoms with van der Waals surface area (Å²) < 4.78 is 0. The van der Waals surface area contributed by atoms with Crippen molar-refractivity contribution in [3.8, 4) is 0 Å². The smallest absolute Gasteiger partial charge is 0.251 e. The van der Waals surface area contributed by atoms with E-state index in [9.17, 15) is 9.90 Å². The molecule has 1 aliphatic carbocycles. The van der Waals surface area contributed by atoms with Gasteiger partial charge in [0.2, 0.25) is 0 Å². The molecule has 3 rings (SSSR count). The van der Waals surface area contributed by atoms with Crippen LogP contribution in [0.3, 0.4) is 0 Å². The van der Waals surface area contributed by atoms with E-state index in [-0.39, 0.29) is 12.0 Å². The van der Waals surface area contributed by atoms with E-state index in [1.165, 1.54) is 0 Å². The van der Waals surface area contributed by atoms with Crippen molar-refractivity contribution in [1.82, 2.24) is 5.32 Å². The van der Waals surface area contributed by atoms with Crippen molar-refractivity contribution in [2.75, 3.05) is 18.4 Å². The molecule has 19 heavy (non-hydrogen) atoms. The quantitative estimate of drug-likeness (QED) is 0.772. The first-order valence-electron chi connectivity index (χ1n) is 7.06. The summed E-state index contributed by atoms with van der Waals surface area (Å²) in [5.74, 6) is 0.457. The number of fused-ring (bicyclic) bond motifs is 1. The van der Waals surface area contributed by atoms with Crippen LogP contribution in [0.15, 0.2) is 18.2 Å². The molecule has 1 saturated carbocycles. The van der Waals surface area contributed by atoms with Crippen molar-refractivity contribution in [1.29, 1.82) is 0 Å². The highest BCUT2D eigenvalue weighted by Crippen LogP contribution is 2.27. The van der Waals surface area contributed by atoms with Gasteiger partial charge in [0.15, 0.2) is 0 Å². The Kier molecular flexibility index (Phi) is 3.42. The molecule has 1 aromatic rings. The fraction of sp³-hybridized carbons (Fsp3) is 0.533. The number of carbonyl (C=O) groups excluding carboxylic acids is 1. The predicted octanol–water partition coefficient (Wildman–Crippen LogP) is 1.55. The van der Waals surface area contributed by atoms with E-state index in [1.807, 2.05) is 18.2 Å². The summed E-state index contributed by atoms with van der Waals surface area (Å²) in [6.07, 6.45) is 3.51. The van der Waals surface area contributed by atoms with Crippen molar-refractivity contribution in [2.24, 2.45) is 5.92 Å². The second-order valence-electron chi connectivity index (χ2n) is 5.56. The summed E-state index contributed by atoms with van der Waals surface area (Å²) in [5, 5.41) is 15.6. The van der Waals surface area contributed by atoms with Gasteiger partial charge in [-0.15, -0.1) is 0 Å². The van der Waals surface area contributed by atoms with Gasteiger partial charge in [-0.05, 0) is 49.3 Å². The Labute approximate surface area is 113 Å². The Balaban J connectivity index is 1.66. The lowest BCUT2D eigenvalue weighted by Gasteiger charge is -2.31. The van der Waals surface area contributed by atoms with Crippen molar-refractivity contribution in [2.45, 2.75) is 31.8 Å². The van der Waals surface area contributed by atoms with E-state index in [1.54, 1.807) is 0 Å². The number of nitrogens with one attached hydrogen (secondary N) is 2. The average molecular weight is 260 g/mol. The van der Waals surface area contributed by atoms with E-state index >= 15 is 0 Å². The van der Waals surface area contributed by atoms with Gasteiger partial charge >= 0.3 is 0 Å². The number of aliphatic hydroxyl groups is 1. The molecule has 0 saturated heterocycles. The minimum Gasteiger partial charge on any atom is -0.393 e.